The minimum absolute atomic E-state index is 0.158. The SMILES string of the molecule is COc1ccc(Cl)cc1C(NN)c1ccccc1C. The number of nitrogens with two attached hydrogens (primary N) is 1. The van der Waals surface area contributed by atoms with Crippen LogP contribution in [-0.4, -0.2) is 7.11 Å². The molecule has 0 spiro atoms. The Kier molecular flexibility index (Phi) is 4.43. The summed E-state index contributed by atoms with van der Waals surface area (Å²) in [6, 6.07) is 13.4. The van der Waals surface area contributed by atoms with E-state index in [4.69, 9.17) is 22.2 Å². The van der Waals surface area contributed by atoms with Crippen LogP contribution in [0.25, 0.3) is 0 Å². The summed E-state index contributed by atoms with van der Waals surface area (Å²) in [5, 5.41) is 0.657. The number of methoxy groups -OCH3 is 1. The van der Waals surface area contributed by atoms with Gasteiger partial charge in [0.2, 0.25) is 0 Å². The van der Waals surface area contributed by atoms with E-state index in [9.17, 15) is 0 Å². The van der Waals surface area contributed by atoms with Gasteiger partial charge in [-0.05, 0) is 36.2 Å². The number of ether oxygens (including phenoxy) is 1. The van der Waals surface area contributed by atoms with Crippen LogP contribution in [-0.2, 0) is 0 Å². The van der Waals surface area contributed by atoms with E-state index >= 15 is 0 Å². The Bertz CT molecular complexity index is 572. The van der Waals surface area contributed by atoms with Crippen molar-refractivity contribution in [3.8, 4) is 5.75 Å². The third-order valence-electron chi connectivity index (χ3n) is 3.17. The van der Waals surface area contributed by atoms with Crippen molar-refractivity contribution in [2.24, 2.45) is 5.84 Å². The molecular formula is C15H17ClN2O. The Balaban J connectivity index is 2.54. The number of hydrogen-bond donors (Lipinski definition) is 2. The molecule has 0 fully saturated rings. The van der Waals surface area contributed by atoms with Crippen molar-refractivity contribution >= 4 is 11.6 Å². The lowest BCUT2D eigenvalue weighted by Gasteiger charge is -2.21. The van der Waals surface area contributed by atoms with E-state index in [0.717, 1.165) is 22.4 Å². The Morgan fingerprint density at radius 3 is 2.53 bits per heavy atom. The summed E-state index contributed by atoms with van der Waals surface area (Å²) >= 11 is 6.08. The molecule has 0 bridgehead atoms. The molecule has 100 valence electrons. The Morgan fingerprint density at radius 1 is 1.16 bits per heavy atom. The van der Waals surface area contributed by atoms with E-state index in [1.54, 1.807) is 13.2 Å². The zero-order valence-electron chi connectivity index (χ0n) is 11.0. The van der Waals surface area contributed by atoms with Crippen LogP contribution in [0.2, 0.25) is 5.02 Å². The lowest BCUT2D eigenvalue weighted by Crippen LogP contribution is -2.29. The van der Waals surface area contributed by atoms with Gasteiger partial charge in [0.25, 0.3) is 0 Å². The molecular weight excluding hydrogens is 260 g/mol. The summed E-state index contributed by atoms with van der Waals surface area (Å²) in [6.45, 7) is 2.05. The molecule has 19 heavy (non-hydrogen) atoms. The summed E-state index contributed by atoms with van der Waals surface area (Å²) < 4.78 is 5.39. The lowest BCUT2D eigenvalue weighted by atomic mass is 9.95. The van der Waals surface area contributed by atoms with E-state index in [1.165, 1.54) is 0 Å². The predicted molar refractivity (Wildman–Crippen MR) is 78.3 cm³/mol. The first kappa shape index (κ1) is 13.9. The molecule has 0 heterocycles. The van der Waals surface area contributed by atoms with E-state index in [-0.39, 0.29) is 6.04 Å². The molecule has 0 aromatic heterocycles. The van der Waals surface area contributed by atoms with Crippen molar-refractivity contribution in [3.63, 3.8) is 0 Å². The van der Waals surface area contributed by atoms with Gasteiger partial charge in [0.15, 0.2) is 0 Å². The maximum atomic E-state index is 6.08. The number of nitrogens with one attached hydrogen (secondary N) is 1. The fourth-order valence-electron chi connectivity index (χ4n) is 2.19. The van der Waals surface area contributed by atoms with Gasteiger partial charge >= 0.3 is 0 Å². The van der Waals surface area contributed by atoms with Crippen molar-refractivity contribution in [2.45, 2.75) is 13.0 Å². The highest BCUT2D eigenvalue weighted by Gasteiger charge is 2.18. The summed E-state index contributed by atoms with van der Waals surface area (Å²) in [7, 11) is 1.64. The molecule has 0 aliphatic rings. The van der Waals surface area contributed by atoms with Gasteiger partial charge in [0, 0.05) is 10.6 Å². The average Bonchev–Trinajstić information content (AvgIpc) is 2.42. The highest BCUT2D eigenvalue weighted by atomic mass is 35.5. The number of rotatable bonds is 4. The highest BCUT2D eigenvalue weighted by Crippen LogP contribution is 2.33. The number of hydrazine groups is 1. The molecule has 2 rings (SSSR count). The van der Waals surface area contributed by atoms with Crippen LogP contribution in [0.15, 0.2) is 42.5 Å². The zero-order valence-corrected chi connectivity index (χ0v) is 11.7. The maximum Gasteiger partial charge on any atom is 0.124 e. The fourth-order valence-corrected chi connectivity index (χ4v) is 2.37. The van der Waals surface area contributed by atoms with E-state index in [2.05, 4.69) is 18.4 Å². The molecule has 0 amide bonds. The van der Waals surface area contributed by atoms with Gasteiger partial charge in [-0.15, -0.1) is 0 Å². The molecule has 0 saturated carbocycles. The van der Waals surface area contributed by atoms with Gasteiger partial charge in [0.1, 0.15) is 5.75 Å². The lowest BCUT2D eigenvalue weighted by molar-refractivity contribution is 0.404. The molecule has 0 aliphatic carbocycles. The summed E-state index contributed by atoms with van der Waals surface area (Å²) in [5.74, 6) is 6.49. The fraction of sp³-hybridized carbons (Fsp3) is 0.200. The largest absolute Gasteiger partial charge is 0.496 e. The molecule has 3 N–H and O–H groups in total. The number of benzene rings is 2. The normalized spacial score (nSPS) is 12.2. The minimum Gasteiger partial charge on any atom is -0.496 e. The van der Waals surface area contributed by atoms with Crippen LogP contribution < -0.4 is 16.0 Å². The van der Waals surface area contributed by atoms with Crippen molar-refractivity contribution in [1.82, 2.24) is 5.43 Å². The molecule has 3 nitrogen and oxygen atoms in total. The second-order valence-electron chi connectivity index (χ2n) is 4.34. The topological polar surface area (TPSA) is 47.3 Å². The van der Waals surface area contributed by atoms with Crippen LogP contribution in [0.3, 0.4) is 0 Å². The molecule has 2 aromatic carbocycles. The first-order chi connectivity index (χ1) is 9.17. The highest BCUT2D eigenvalue weighted by molar-refractivity contribution is 6.30. The van der Waals surface area contributed by atoms with Gasteiger partial charge in [-0.3, -0.25) is 5.84 Å². The second-order valence-corrected chi connectivity index (χ2v) is 4.78. The van der Waals surface area contributed by atoms with Crippen LogP contribution in [0.5, 0.6) is 5.75 Å². The Hall–Kier alpha value is -1.55. The van der Waals surface area contributed by atoms with Gasteiger partial charge in [-0.25, -0.2) is 5.43 Å². The van der Waals surface area contributed by atoms with Crippen molar-refractivity contribution < 1.29 is 4.74 Å². The first-order valence-electron chi connectivity index (χ1n) is 6.02. The molecule has 1 atom stereocenters. The van der Waals surface area contributed by atoms with Crippen LogP contribution >= 0.6 is 11.6 Å². The molecule has 0 radical (unpaired) electrons. The Labute approximate surface area is 118 Å². The van der Waals surface area contributed by atoms with Crippen LogP contribution in [0.4, 0.5) is 0 Å². The summed E-state index contributed by atoms with van der Waals surface area (Å²) in [6.07, 6.45) is 0. The average molecular weight is 277 g/mol. The van der Waals surface area contributed by atoms with Crippen LogP contribution in [0, 0.1) is 6.92 Å². The first-order valence-corrected chi connectivity index (χ1v) is 6.40. The monoisotopic (exact) mass is 276 g/mol. The van der Waals surface area contributed by atoms with Gasteiger partial charge < -0.3 is 4.74 Å². The van der Waals surface area contributed by atoms with Gasteiger partial charge in [-0.1, -0.05) is 35.9 Å². The number of halogens is 1. The number of aryl methyl sites for hydroxylation is 1. The maximum absolute atomic E-state index is 6.08. The quantitative estimate of drug-likeness (QED) is 0.666. The molecule has 4 heteroatoms. The predicted octanol–water partition coefficient (Wildman–Crippen LogP) is 3.21. The van der Waals surface area contributed by atoms with E-state index in [1.807, 2.05) is 30.3 Å². The standard InChI is InChI=1S/C15H17ClN2O/c1-10-5-3-4-6-12(10)15(18-17)13-9-11(16)7-8-14(13)19-2/h3-9,15,18H,17H2,1-2H3. The summed E-state index contributed by atoms with van der Waals surface area (Å²) in [4.78, 5) is 0. The third-order valence-corrected chi connectivity index (χ3v) is 3.40. The molecule has 0 aliphatic heterocycles. The second kappa shape index (κ2) is 6.06. The zero-order chi connectivity index (χ0) is 13.8. The number of hydrogen-bond acceptors (Lipinski definition) is 3. The van der Waals surface area contributed by atoms with Gasteiger partial charge in [-0.2, -0.15) is 0 Å². The van der Waals surface area contributed by atoms with Crippen molar-refractivity contribution in [3.05, 3.63) is 64.2 Å². The van der Waals surface area contributed by atoms with Gasteiger partial charge in [0.05, 0.1) is 13.2 Å². The Morgan fingerprint density at radius 2 is 1.89 bits per heavy atom. The summed E-state index contributed by atoms with van der Waals surface area (Å²) in [5.41, 5.74) is 6.02. The van der Waals surface area contributed by atoms with Crippen molar-refractivity contribution in [2.75, 3.05) is 7.11 Å². The molecule has 0 saturated heterocycles. The smallest absolute Gasteiger partial charge is 0.124 e. The molecule has 2 aromatic rings. The minimum atomic E-state index is -0.158. The third kappa shape index (κ3) is 2.89. The van der Waals surface area contributed by atoms with Crippen molar-refractivity contribution in [1.29, 1.82) is 0 Å². The van der Waals surface area contributed by atoms with E-state index in [0.29, 0.717) is 5.02 Å². The van der Waals surface area contributed by atoms with E-state index < -0.39 is 0 Å². The molecule has 1 unspecified atom stereocenters. The van der Waals surface area contributed by atoms with Crippen LogP contribution in [0.1, 0.15) is 22.7 Å².